The number of rotatable bonds is 3. The van der Waals surface area contributed by atoms with Crippen LogP contribution in [0.3, 0.4) is 0 Å². The molecule has 0 rings (SSSR count). The molecule has 0 aromatic rings. The summed E-state index contributed by atoms with van der Waals surface area (Å²) in [5.74, 6) is -0.299. The topological polar surface area (TPSA) is 38.3 Å². The van der Waals surface area contributed by atoms with Crippen molar-refractivity contribution >= 4 is 5.97 Å². The molecule has 0 saturated heterocycles. The molecule has 0 bridgehead atoms. The van der Waals surface area contributed by atoms with E-state index in [1.165, 1.54) is 7.11 Å². The van der Waals surface area contributed by atoms with Crippen LogP contribution in [0.25, 0.3) is 0 Å². The lowest BCUT2D eigenvalue weighted by Crippen LogP contribution is -2.19. The third-order valence-corrected chi connectivity index (χ3v) is 1.60. The Morgan fingerprint density at radius 3 is 2.36 bits per heavy atom. The number of ether oxygens (including phenoxy) is 1. The summed E-state index contributed by atoms with van der Waals surface area (Å²) in [7, 11) is 3.09. The zero-order valence-electron chi connectivity index (χ0n) is 7.52. The van der Waals surface area contributed by atoms with Crippen molar-refractivity contribution in [1.29, 1.82) is 0 Å². The van der Waals surface area contributed by atoms with E-state index in [1.54, 1.807) is 7.05 Å². The van der Waals surface area contributed by atoms with Crippen molar-refractivity contribution in [3.63, 3.8) is 0 Å². The third-order valence-electron chi connectivity index (χ3n) is 1.60. The van der Waals surface area contributed by atoms with Crippen molar-refractivity contribution in [2.45, 2.75) is 20.3 Å². The fraction of sp³-hybridized carbons (Fsp3) is 0.625. The Kier molecular flexibility index (Phi) is 4.34. The number of carbonyl (C=O) groups excluding carboxylic acids is 1. The van der Waals surface area contributed by atoms with Crippen LogP contribution >= 0.6 is 0 Å². The Balaban J connectivity index is 4.50. The maximum absolute atomic E-state index is 11.0. The van der Waals surface area contributed by atoms with Gasteiger partial charge in [-0.25, -0.2) is 4.79 Å². The lowest BCUT2D eigenvalue weighted by Gasteiger charge is -2.07. The van der Waals surface area contributed by atoms with Gasteiger partial charge >= 0.3 is 5.97 Å². The van der Waals surface area contributed by atoms with E-state index in [2.05, 4.69) is 10.1 Å². The van der Waals surface area contributed by atoms with Crippen LogP contribution in [-0.4, -0.2) is 20.1 Å². The predicted octanol–water partition coefficient (Wildman–Crippen LogP) is 1.06. The standard InChI is InChI=1S/C8H15NO2/c1-5-6(2)7(9-3)8(10)11-4/h9H,5H2,1-4H3/b7-6-. The first-order chi connectivity index (χ1) is 5.17. The number of hydrogen-bond donors (Lipinski definition) is 1. The molecule has 0 aliphatic rings. The molecule has 0 radical (unpaired) electrons. The quantitative estimate of drug-likeness (QED) is 0.492. The average Bonchev–Trinajstić information content (AvgIpc) is 2.05. The molecule has 0 spiro atoms. The maximum atomic E-state index is 11.0. The monoisotopic (exact) mass is 157 g/mol. The zero-order chi connectivity index (χ0) is 8.85. The molecule has 11 heavy (non-hydrogen) atoms. The molecule has 0 fully saturated rings. The van der Waals surface area contributed by atoms with Crippen LogP contribution in [0.5, 0.6) is 0 Å². The van der Waals surface area contributed by atoms with Crippen molar-refractivity contribution in [3.8, 4) is 0 Å². The Labute approximate surface area is 67.4 Å². The lowest BCUT2D eigenvalue weighted by molar-refractivity contribution is -0.136. The minimum atomic E-state index is -0.299. The molecule has 0 atom stereocenters. The number of hydrogen-bond acceptors (Lipinski definition) is 3. The van der Waals surface area contributed by atoms with Crippen LogP contribution in [0.1, 0.15) is 20.3 Å². The van der Waals surface area contributed by atoms with Gasteiger partial charge in [0, 0.05) is 7.05 Å². The van der Waals surface area contributed by atoms with Crippen LogP contribution in [0.4, 0.5) is 0 Å². The summed E-state index contributed by atoms with van der Waals surface area (Å²) < 4.78 is 4.57. The van der Waals surface area contributed by atoms with Crippen LogP contribution in [0, 0.1) is 0 Å². The molecule has 64 valence electrons. The first-order valence-electron chi connectivity index (χ1n) is 3.63. The first kappa shape index (κ1) is 10.0. The Morgan fingerprint density at radius 1 is 1.55 bits per heavy atom. The van der Waals surface area contributed by atoms with E-state index < -0.39 is 0 Å². The van der Waals surface area contributed by atoms with Gasteiger partial charge in [-0.05, 0) is 18.9 Å². The van der Waals surface area contributed by atoms with E-state index in [0.717, 1.165) is 12.0 Å². The lowest BCUT2D eigenvalue weighted by atomic mass is 10.2. The summed E-state index contributed by atoms with van der Waals surface area (Å²) in [5, 5.41) is 2.81. The molecule has 0 unspecified atom stereocenters. The van der Waals surface area contributed by atoms with Gasteiger partial charge in [0.2, 0.25) is 0 Å². The fourth-order valence-electron chi connectivity index (χ4n) is 0.769. The van der Waals surface area contributed by atoms with Crippen molar-refractivity contribution < 1.29 is 9.53 Å². The molecule has 0 aliphatic heterocycles. The Hall–Kier alpha value is -0.990. The van der Waals surface area contributed by atoms with Gasteiger partial charge in [-0.2, -0.15) is 0 Å². The molecule has 0 saturated carbocycles. The molecule has 0 amide bonds. The normalized spacial score (nSPS) is 12.0. The van der Waals surface area contributed by atoms with Gasteiger partial charge in [0.25, 0.3) is 0 Å². The highest BCUT2D eigenvalue weighted by atomic mass is 16.5. The first-order valence-corrected chi connectivity index (χ1v) is 3.63. The second-order valence-corrected chi connectivity index (χ2v) is 2.25. The van der Waals surface area contributed by atoms with E-state index in [9.17, 15) is 4.79 Å². The molecule has 0 aromatic heterocycles. The van der Waals surface area contributed by atoms with Gasteiger partial charge in [0.05, 0.1) is 7.11 Å². The van der Waals surface area contributed by atoms with Gasteiger partial charge in [-0.3, -0.25) is 0 Å². The summed E-state index contributed by atoms with van der Waals surface area (Å²) in [6.45, 7) is 3.90. The smallest absolute Gasteiger partial charge is 0.354 e. The second kappa shape index (κ2) is 4.77. The van der Waals surface area contributed by atoms with Gasteiger partial charge in [0.1, 0.15) is 5.70 Å². The molecular formula is C8H15NO2. The molecule has 3 heteroatoms. The second-order valence-electron chi connectivity index (χ2n) is 2.25. The maximum Gasteiger partial charge on any atom is 0.354 e. The summed E-state index contributed by atoms with van der Waals surface area (Å²) in [6.07, 6.45) is 0.852. The molecule has 1 N–H and O–H groups in total. The minimum Gasteiger partial charge on any atom is -0.464 e. The molecule has 0 aliphatic carbocycles. The number of carbonyl (C=O) groups is 1. The molecular weight excluding hydrogens is 142 g/mol. The van der Waals surface area contributed by atoms with E-state index in [-0.39, 0.29) is 5.97 Å². The number of allylic oxidation sites excluding steroid dienone is 1. The minimum absolute atomic E-state index is 0.299. The molecule has 0 aromatic carbocycles. The van der Waals surface area contributed by atoms with Gasteiger partial charge in [0.15, 0.2) is 0 Å². The Morgan fingerprint density at radius 2 is 2.09 bits per heavy atom. The van der Waals surface area contributed by atoms with Crippen LogP contribution in [-0.2, 0) is 9.53 Å². The summed E-state index contributed by atoms with van der Waals surface area (Å²) in [5.41, 5.74) is 1.58. The highest BCUT2D eigenvalue weighted by Gasteiger charge is 2.09. The van der Waals surface area contributed by atoms with E-state index in [4.69, 9.17) is 0 Å². The van der Waals surface area contributed by atoms with Crippen LogP contribution < -0.4 is 5.32 Å². The van der Waals surface area contributed by atoms with Crippen molar-refractivity contribution in [3.05, 3.63) is 11.3 Å². The van der Waals surface area contributed by atoms with Crippen molar-refractivity contribution in [2.24, 2.45) is 0 Å². The number of likely N-dealkylation sites (N-methyl/N-ethyl adjacent to an activating group) is 1. The summed E-state index contributed by atoms with van der Waals surface area (Å²) >= 11 is 0. The van der Waals surface area contributed by atoms with Gasteiger partial charge in [-0.1, -0.05) is 6.92 Å². The summed E-state index contributed by atoms with van der Waals surface area (Å²) in [4.78, 5) is 11.0. The molecule has 3 nitrogen and oxygen atoms in total. The predicted molar refractivity (Wildman–Crippen MR) is 44.1 cm³/mol. The van der Waals surface area contributed by atoms with Gasteiger partial charge in [-0.15, -0.1) is 0 Å². The SMILES string of the molecule is CC/C(C)=C(\NC)C(=O)OC. The number of esters is 1. The number of methoxy groups -OCH3 is 1. The van der Waals surface area contributed by atoms with Crippen LogP contribution in [0.15, 0.2) is 11.3 Å². The highest BCUT2D eigenvalue weighted by Crippen LogP contribution is 2.05. The van der Waals surface area contributed by atoms with Crippen molar-refractivity contribution in [2.75, 3.05) is 14.2 Å². The largest absolute Gasteiger partial charge is 0.464 e. The number of nitrogens with one attached hydrogen (secondary N) is 1. The van der Waals surface area contributed by atoms with Gasteiger partial charge < -0.3 is 10.1 Å². The Bertz CT molecular complexity index is 173. The highest BCUT2D eigenvalue weighted by molar-refractivity contribution is 5.88. The zero-order valence-corrected chi connectivity index (χ0v) is 7.52. The fourth-order valence-corrected chi connectivity index (χ4v) is 0.769. The van der Waals surface area contributed by atoms with Crippen LogP contribution in [0.2, 0.25) is 0 Å². The summed E-state index contributed by atoms with van der Waals surface area (Å²) in [6, 6.07) is 0. The van der Waals surface area contributed by atoms with Crippen molar-refractivity contribution in [1.82, 2.24) is 5.32 Å². The third kappa shape index (κ3) is 2.62. The van der Waals surface area contributed by atoms with E-state index in [0.29, 0.717) is 5.70 Å². The molecule has 0 heterocycles. The van der Waals surface area contributed by atoms with E-state index >= 15 is 0 Å². The average molecular weight is 157 g/mol. The van der Waals surface area contributed by atoms with E-state index in [1.807, 2.05) is 13.8 Å².